The second kappa shape index (κ2) is 9.84. The summed E-state index contributed by atoms with van der Waals surface area (Å²) in [5, 5.41) is 13.9. The maximum atomic E-state index is 9.61. The molecule has 0 unspecified atom stereocenters. The topological polar surface area (TPSA) is 93.0 Å². The molecular weight excluding hydrogens is 490 g/mol. The summed E-state index contributed by atoms with van der Waals surface area (Å²) < 4.78 is 6.48. The van der Waals surface area contributed by atoms with Crippen molar-refractivity contribution in [2.75, 3.05) is 5.32 Å². The van der Waals surface area contributed by atoms with Gasteiger partial charge in [-0.25, -0.2) is 19.9 Å². The zero-order valence-corrected chi connectivity index (χ0v) is 20.3. The number of aromatic hydroxyl groups is 1. The van der Waals surface area contributed by atoms with E-state index in [1.165, 1.54) is 17.7 Å². The number of ether oxygens (including phenoxy) is 1. The molecule has 10 heteroatoms. The number of phenols is 1. The van der Waals surface area contributed by atoms with E-state index in [1.807, 2.05) is 49.4 Å². The van der Waals surface area contributed by atoms with Gasteiger partial charge in [0.1, 0.15) is 30.3 Å². The maximum absolute atomic E-state index is 9.61. The Morgan fingerprint density at radius 1 is 1.06 bits per heavy atom. The van der Waals surface area contributed by atoms with E-state index < -0.39 is 0 Å². The van der Waals surface area contributed by atoms with Gasteiger partial charge in [0.05, 0.1) is 16.0 Å². The lowest BCUT2D eigenvalue weighted by Crippen LogP contribution is -2.00. The monoisotopic (exact) mass is 507 g/mol. The van der Waals surface area contributed by atoms with E-state index in [1.54, 1.807) is 30.1 Å². The Kier molecular flexibility index (Phi) is 6.48. The second-order valence-electron chi connectivity index (χ2n) is 7.29. The number of halogens is 1. The van der Waals surface area contributed by atoms with Crippen LogP contribution < -0.4 is 10.1 Å². The van der Waals surface area contributed by atoms with Crippen LogP contribution >= 0.6 is 34.7 Å². The van der Waals surface area contributed by atoms with Gasteiger partial charge in [-0.2, -0.15) is 0 Å². The van der Waals surface area contributed by atoms with Crippen molar-refractivity contribution in [3.05, 3.63) is 82.2 Å². The van der Waals surface area contributed by atoms with Gasteiger partial charge in [0.25, 0.3) is 0 Å². The number of hydrogen-bond donors (Lipinski definition) is 2. The lowest BCUT2D eigenvalue weighted by molar-refractivity contribution is 0.309. The van der Waals surface area contributed by atoms with Crippen molar-refractivity contribution in [2.24, 2.45) is 0 Å². The highest BCUT2D eigenvalue weighted by atomic mass is 35.5. The predicted molar refractivity (Wildman–Crippen MR) is 135 cm³/mol. The number of hydrogen-bond acceptors (Lipinski definition) is 9. The first kappa shape index (κ1) is 22.4. The molecule has 0 aliphatic heterocycles. The number of rotatable bonds is 7. The van der Waals surface area contributed by atoms with Crippen LogP contribution in [-0.2, 0) is 6.61 Å². The molecule has 34 heavy (non-hydrogen) atoms. The van der Waals surface area contributed by atoms with Gasteiger partial charge < -0.3 is 15.2 Å². The van der Waals surface area contributed by atoms with E-state index in [4.69, 9.17) is 16.3 Å². The number of aromatic nitrogens is 4. The number of anilines is 2. The molecule has 0 aliphatic rings. The number of phenolic OH excluding ortho intramolecular Hbond substituents is 1. The fraction of sp³-hybridized carbons (Fsp3) is 0.0833. The van der Waals surface area contributed by atoms with Crippen molar-refractivity contribution in [2.45, 2.75) is 23.3 Å². The number of nitrogens with zero attached hydrogens (tertiary/aromatic N) is 4. The fourth-order valence-corrected chi connectivity index (χ4v) is 4.97. The molecule has 0 amide bonds. The molecule has 0 atom stereocenters. The summed E-state index contributed by atoms with van der Waals surface area (Å²) in [6, 6.07) is 16.8. The molecule has 3 aromatic heterocycles. The zero-order valence-electron chi connectivity index (χ0n) is 17.9. The average molecular weight is 508 g/mol. The first-order valence-corrected chi connectivity index (χ1v) is 12.2. The molecule has 0 bridgehead atoms. The van der Waals surface area contributed by atoms with E-state index in [0.717, 1.165) is 31.4 Å². The molecule has 0 spiro atoms. The van der Waals surface area contributed by atoms with Gasteiger partial charge in [0.15, 0.2) is 10.1 Å². The van der Waals surface area contributed by atoms with Crippen LogP contribution in [0.15, 0.2) is 76.9 Å². The van der Waals surface area contributed by atoms with Crippen LogP contribution in [0.5, 0.6) is 11.5 Å². The molecule has 7 nitrogen and oxygen atoms in total. The van der Waals surface area contributed by atoms with Gasteiger partial charge in [-0.3, -0.25) is 0 Å². The summed E-state index contributed by atoms with van der Waals surface area (Å²) in [5.74, 6) is 1.57. The van der Waals surface area contributed by atoms with Crippen LogP contribution in [0.3, 0.4) is 0 Å². The smallest absolute Gasteiger partial charge is 0.183 e. The molecule has 0 saturated carbocycles. The maximum Gasteiger partial charge on any atom is 0.183 e. The van der Waals surface area contributed by atoms with Crippen molar-refractivity contribution in [1.82, 2.24) is 19.9 Å². The van der Waals surface area contributed by atoms with Gasteiger partial charge >= 0.3 is 0 Å². The number of thiazole rings is 1. The Bertz CT molecular complexity index is 1460. The van der Waals surface area contributed by atoms with Gasteiger partial charge in [0, 0.05) is 27.7 Å². The normalized spacial score (nSPS) is 11.0. The quantitative estimate of drug-likeness (QED) is 0.254. The molecule has 0 aliphatic carbocycles. The highest BCUT2D eigenvalue weighted by Gasteiger charge is 2.12. The van der Waals surface area contributed by atoms with Crippen LogP contribution in [0.4, 0.5) is 11.5 Å². The summed E-state index contributed by atoms with van der Waals surface area (Å²) in [4.78, 5) is 20.2. The second-order valence-corrected chi connectivity index (χ2v) is 10.1. The van der Waals surface area contributed by atoms with Gasteiger partial charge in [0.2, 0.25) is 0 Å². The van der Waals surface area contributed by atoms with Crippen LogP contribution in [-0.4, -0.2) is 25.0 Å². The number of benzene rings is 2. The minimum Gasteiger partial charge on any atom is -0.508 e. The van der Waals surface area contributed by atoms with E-state index in [-0.39, 0.29) is 5.75 Å². The Morgan fingerprint density at radius 2 is 1.91 bits per heavy atom. The summed E-state index contributed by atoms with van der Waals surface area (Å²) in [5.41, 5.74) is 2.33. The van der Waals surface area contributed by atoms with Crippen molar-refractivity contribution in [1.29, 1.82) is 0 Å². The SMILES string of the molecule is Cc1ccc2c(Nc3cc(OCc4cnc(Cl)s4)ccc3Sc3ccc(O)cc3)ncnc2n1. The van der Waals surface area contributed by atoms with Gasteiger partial charge in [-0.1, -0.05) is 23.4 Å². The van der Waals surface area contributed by atoms with Crippen molar-refractivity contribution >= 4 is 57.2 Å². The highest BCUT2D eigenvalue weighted by Crippen LogP contribution is 2.38. The summed E-state index contributed by atoms with van der Waals surface area (Å²) >= 11 is 8.88. The highest BCUT2D eigenvalue weighted by molar-refractivity contribution is 7.99. The Morgan fingerprint density at radius 3 is 2.71 bits per heavy atom. The lowest BCUT2D eigenvalue weighted by atomic mass is 10.2. The fourth-order valence-electron chi connectivity index (χ4n) is 3.20. The van der Waals surface area contributed by atoms with Crippen LogP contribution in [0.2, 0.25) is 4.47 Å². The van der Waals surface area contributed by atoms with Crippen molar-refractivity contribution < 1.29 is 9.84 Å². The van der Waals surface area contributed by atoms with E-state index >= 15 is 0 Å². The summed E-state index contributed by atoms with van der Waals surface area (Å²) in [7, 11) is 0. The average Bonchev–Trinajstić information content (AvgIpc) is 3.25. The molecule has 5 aromatic rings. The number of pyridine rings is 1. The molecule has 170 valence electrons. The zero-order chi connectivity index (χ0) is 23.5. The minimum absolute atomic E-state index is 0.227. The molecule has 2 N–H and O–H groups in total. The number of nitrogens with one attached hydrogen (secondary N) is 1. The molecule has 0 fully saturated rings. The molecule has 0 saturated heterocycles. The third kappa shape index (κ3) is 5.22. The number of fused-ring (bicyclic) bond motifs is 1. The molecular formula is C24H18ClN5O2S2. The first-order valence-electron chi connectivity index (χ1n) is 10.2. The van der Waals surface area contributed by atoms with Crippen molar-refractivity contribution in [3.63, 3.8) is 0 Å². The number of aryl methyl sites for hydroxylation is 1. The molecule has 2 aromatic carbocycles. The van der Waals surface area contributed by atoms with E-state index in [2.05, 4.69) is 25.3 Å². The first-order chi connectivity index (χ1) is 16.5. The molecule has 0 radical (unpaired) electrons. The standard InChI is InChI=1S/C24H18ClN5O2S2/c1-14-2-8-19-22(29-14)27-13-28-23(19)30-20-10-16(32-12-18-11-26-24(25)34-18)5-9-21(20)33-17-6-3-15(31)4-7-17/h2-11,13,31H,12H2,1H3,(H,27,28,29,30). The van der Waals surface area contributed by atoms with E-state index in [9.17, 15) is 5.11 Å². The van der Waals surface area contributed by atoms with Crippen molar-refractivity contribution in [3.8, 4) is 11.5 Å². The van der Waals surface area contributed by atoms with Gasteiger partial charge in [-0.05, 0) is 55.5 Å². The largest absolute Gasteiger partial charge is 0.508 e. The van der Waals surface area contributed by atoms with Crippen LogP contribution in [0.1, 0.15) is 10.6 Å². The van der Waals surface area contributed by atoms with E-state index in [0.29, 0.717) is 28.3 Å². The predicted octanol–water partition coefficient (Wildman–Crippen LogP) is 6.62. The molecule has 3 heterocycles. The summed E-state index contributed by atoms with van der Waals surface area (Å²) in [6.07, 6.45) is 3.21. The lowest BCUT2D eigenvalue weighted by Gasteiger charge is -2.15. The molecule has 5 rings (SSSR count). The minimum atomic E-state index is 0.227. The summed E-state index contributed by atoms with van der Waals surface area (Å²) in [6.45, 7) is 2.30. The third-order valence-corrected chi connectivity index (χ3v) is 6.98. The Labute approximate surface area is 208 Å². The third-order valence-electron chi connectivity index (χ3n) is 4.81. The Hall–Kier alpha value is -3.40. The van der Waals surface area contributed by atoms with Crippen LogP contribution in [0.25, 0.3) is 11.0 Å². The van der Waals surface area contributed by atoms with Crippen LogP contribution in [0, 0.1) is 6.92 Å². The van der Waals surface area contributed by atoms with Gasteiger partial charge in [-0.15, -0.1) is 11.3 Å². The Balaban J connectivity index is 1.48.